The van der Waals surface area contributed by atoms with Crippen LogP contribution < -0.4 is 11.1 Å². The van der Waals surface area contributed by atoms with Crippen LogP contribution in [0.1, 0.15) is 23.8 Å². The molecule has 14 heavy (non-hydrogen) atoms. The summed E-state index contributed by atoms with van der Waals surface area (Å²) in [6, 6.07) is 1.48. The Morgan fingerprint density at radius 1 is 1.64 bits per heavy atom. The minimum absolute atomic E-state index is 0.0138. The van der Waals surface area contributed by atoms with Crippen molar-refractivity contribution in [2.24, 2.45) is 5.73 Å². The maximum Gasteiger partial charge on any atom is 0.267 e. The Morgan fingerprint density at radius 3 is 2.93 bits per heavy atom. The van der Waals surface area contributed by atoms with Gasteiger partial charge in [-0.1, -0.05) is 6.92 Å². The van der Waals surface area contributed by atoms with E-state index in [0.717, 1.165) is 13.0 Å². The number of rotatable bonds is 4. The molecule has 1 heterocycles. The minimum atomic E-state index is -0.617. The first kappa shape index (κ1) is 10.7. The van der Waals surface area contributed by atoms with Crippen molar-refractivity contribution in [2.45, 2.75) is 13.3 Å². The molecular formula is C8H11ClN4O. The standard InChI is InChI=1S/C8H11ClN4O/c1-2-3-11-6-4-5(7(10)14)12-8(9)13-6/h4H,2-3H2,1H3,(H2,10,14)(H,11,12,13). The molecule has 0 aliphatic rings. The quantitative estimate of drug-likeness (QED) is 0.735. The maximum atomic E-state index is 10.8. The first-order valence-corrected chi connectivity index (χ1v) is 4.59. The lowest BCUT2D eigenvalue weighted by molar-refractivity contribution is 0.0995. The number of carbonyl (C=O) groups excluding carboxylic acids is 1. The second-order valence-electron chi connectivity index (χ2n) is 2.70. The van der Waals surface area contributed by atoms with Crippen LogP contribution in [0.5, 0.6) is 0 Å². The summed E-state index contributed by atoms with van der Waals surface area (Å²) in [6.07, 6.45) is 0.952. The zero-order valence-electron chi connectivity index (χ0n) is 7.75. The zero-order chi connectivity index (χ0) is 10.6. The predicted molar refractivity (Wildman–Crippen MR) is 54.3 cm³/mol. The van der Waals surface area contributed by atoms with Gasteiger partial charge in [-0.25, -0.2) is 9.97 Å². The SMILES string of the molecule is CCCNc1cc(C(N)=O)nc(Cl)n1. The summed E-state index contributed by atoms with van der Waals surface area (Å²) < 4.78 is 0. The van der Waals surface area contributed by atoms with Crippen LogP contribution in [0.3, 0.4) is 0 Å². The number of nitrogens with zero attached hydrogens (tertiary/aromatic N) is 2. The number of hydrogen-bond acceptors (Lipinski definition) is 4. The van der Waals surface area contributed by atoms with Crippen LogP contribution >= 0.6 is 11.6 Å². The second kappa shape index (κ2) is 4.76. The van der Waals surface area contributed by atoms with Crippen molar-refractivity contribution < 1.29 is 4.79 Å². The number of primary amides is 1. The molecule has 5 nitrogen and oxygen atoms in total. The van der Waals surface area contributed by atoms with Gasteiger partial charge in [-0.3, -0.25) is 4.79 Å². The van der Waals surface area contributed by atoms with Gasteiger partial charge in [0.1, 0.15) is 11.5 Å². The lowest BCUT2D eigenvalue weighted by Gasteiger charge is -2.04. The first-order valence-electron chi connectivity index (χ1n) is 4.21. The Bertz CT molecular complexity index is 342. The number of nitrogens with one attached hydrogen (secondary N) is 1. The van der Waals surface area contributed by atoms with Crippen molar-refractivity contribution in [3.8, 4) is 0 Å². The molecule has 0 bridgehead atoms. The van der Waals surface area contributed by atoms with E-state index in [-0.39, 0.29) is 11.0 Å². The van der Waals surface area contributed by atoms with Gasteiger partial charge in [0.2, 0.25) is 5.28 Å². The fraction of sp³-hybridized carbons (Fsp3) is 0.375. The van der Waals surface area contributed by atoms with E-state index in [0.29, 0.717) is 5.82 Å². The van der Waals surface area contributed by atoms with Crippen LogP contribution in [0.2, 0.25) is 5.28 Å². The molecule has 0 fully saturated rings. The molecule has 6 heteroatoms. The minimum Gasteiger partial charge on any atom is -0.370 e. The van der Waals surface area contributed by atoms with E-state index in [1.54, 1.807) is 0 Å². The maximum absolute atomic E-state index is 10.8. The van der Waals surface area contributed by atoms with Gasteiger partial charge < -0.3 is 11.1 Å². The summed E-state index contributed by atoms with van der Waals surface area (Å²) in [6.45, 7) is 2.77. The molecule has 0 saturated carbocycles. The van der Waals surface area contributed by atoms with Crippen molar-refractivity contribution in [3.05, 3.63) is 17.0 Å². The van der Waals surface area contributed by atoms with Crippen molar-refractivity contribution in [2.75, 3.05) is 11.9 Å². The molecular weight excluding hydrogens is 204 g/mol. The zero-order valence-corrected chi connectivity index (χ0v) is 8.51. The van der Waals surface area contributed by atoms with Crippen molar-refractivity contribution in [1.82, 2.24) is 9.97 Å². The van der Waals surface area contributed by atoms with Crippen molar-refractivity contribution in [1.29, 1.82) is 0 Å². The molecule has 0 aliphatic heterocycles. The molecule has 1 amide bonds. The third kappa shape index (κ3) is 2.85. The highest BCUT2D eigenvalue weighted by Gasteiger charge is 2.06. The molecule has 3 N–H and O–H groups in total. The number of hydrogen-bond donors (Lipinski definition) is 2. The molecule has 0 spiro atoms. The lowest BCUT2D eigenvalue weighted by atomic mass is 10.3. The Kier molecular flexibility index (Phi) is 3.64. The fourth-order valence-corrected chi connectivity index (χ4v) is 1.07. The van der Waals surface area contributed by atoms with E-state index in [9.17, 15) is 4.79 Å². The topological polar surface area (TPSA) is 80.9 Å². The van der Waals surface area contributed by atoms with E-state index in [2.05, 4.69) is 15.3 Å². The highest BCUT2D eigenvalue weighted by Crippen LogP contribution is 2.09. The largest absolute Gasteiger partial charge is 0.370 e. The number of nitrogens with two attached hydrogens (primary N) is 1. The van der Waals surface area contributed by atoms with Gasteiger partial charge in [0, 0.05) is 12.6 Å². The third-order valence-corrected chi connectivity index (χ3v) is 1.68. The summed E-state index contributed by atoms with van der Waals surface area (Å²) in [5.41, 5.74) is 5.18. The van der Waals surface area contributed by atoms with Crippen molar-refractivity contribution >= 4 is 23.3 Å². The van der Waals surface area contributed by atoms with Crippen LogP contribution in [0, 0.1) is 0 Å². The van der Waals surface area contributed by atoms with E-state index in [4.69, 9.17) is 17.3 Å². The summed E-state index contributed by atoms with van der Waals surface area (Å²) >= 11 is 5.60. The molecule has 76 valence electrons. The van der Waals surface area contributed by atoms with Gasteiger partial charge in [-0.05, 0) is 18.0 Å². The molecule has 1 aromatic heterocycles. The van der Waals surface area contributed by atoms with Crippen LogP contribution in [0.25, 0.3) is 0 Å². The first-order chi connectivity index (χ1) is 6.63. The predicted octanol–water partition coefficient (Wildman–Crippen LogP) is 1.05. The van der Waals surface area contributed by atoms with E-state index in [1.165, 1.54) is 6.07 Å². The number of carbonyl (C=O) groups is 1. The highest BCUT2D eigenvalue weighted by atomic mass is 35.5. The number of aromatic nitrogens is 2. The summed E-state index contributed by atoms with van der Waals surface area (Å²) in [5.74, 6) is -0.102. The van der Waals surface area contributed by atoms with Crippen LogP contribution in [0.15, 0.2) is 6.07 Å². The highest BCUT2D eigenvalue weighted by molar-refractivity contribution is 6.28. The van der Waals surface area contributed by atoms with Gasteiger partial charge >= 0.3 is 0 Å². The Labute approximate surface area is 86.7 Å². The van der Waals surface area contributed by atoms with Crippen LogP contribution in [-0.2, 0) is 0 Å². The average molecular weight is 215 g/mol. The molecule has 0 aliphatic carbocycles. The Balaban J connectivity index is 2.89. The molecule has 1 aromatic rings. The number of amides is 1. The molecule has 0 unspecified atom stereocenters. The van der Waals surface area contributed by atoms with Crippen LogP contribution in [0.4, 0.5) is 5.82 Å². The number of halogens is 1. The van der Waals surface area contributed by atoms with Gasteiger partial charge in [0.25, 0.3) is 5.91 Å². The van der Waals surface area contributed by atoms with Gasteiger partial charge in [-0.2, -0.15) is 0 Å². The monoisotopic (exact) mass is 214 g/mol. The summed E-state index contributed by atoms with van der Waals surface area (Å²) in [7, 11) is 0. The molecule has 0 radical (unpaired) electrons. The van der Waals surface area contributed by atoms with E-state index >= 15 is 0 Å². The van der Waals surface area contributed by atoms with Gasteiger partial charge in [0.05, 0.1) is 0 Å². The molecule has 0 aromatic carbocycles. The third-order valence-electron chi connectivity index (χ3n) is 1.51. The summed E-state index contributed by atoms with van der Waals surface area (Å²) in [4.78, 5) is 18.4. The fourth-order valence-electron chi connectivity index (χ4n) is 0.888. The van der Waals surface area contributed by atoms with Crippen LogP contribution in [-0.4, -0.2) is 22.4 Å². The normalized spacial score (nSPS) is 9.86. The molecule has 1 rings (SSSR count). The van der Waals surface area contributed by atoms with E-state index in [1.807, 2.05) is 6.92 Å². The Morgan fingerprint density at radius 2 is 2.36 bits per heavy atom. The smallest absolute Gasteiger partial charge is 0.267 e. The number of anilines is 1. The second-order valence-corrected chi connectivity index (χ2v) is 3.04. The summed E-state index contributed by atoms with van der Waals surface area (Å²) in [5, 5.41) is 3.00. The lowest BCUT2D eigenvalue weighted by Crippen LogP contribution is -2.14. The van der Waals surface area contributed by atoms with Gasteiger partial charge in [-0.15, -0.1) is 0 Å². The average Bonchev–Trinajstić information content (AvgIpc) is 2.14. The molecule has 0 saturated heterocycles. The van der Waals surface area contributed by atoms with E-state index < -0.39 is 5.91 Å². The van der Waals surface area contributed by atoms with Crippen molar-refractivity contribution in [3.63, 3.8) is 0 Å². The molecule has 0 atom stereocenters. The van der Waals surface area contributed by atoms with Gasteiger partial charge in [0.15, 0.2) is 0 Å². The Hall–Kier alpha value is -1.36.